The Morgan fingerprint density at radius 2 is 1.91 bits per heavy atom. The number of benzene rings is 1. The highest BCUT2D eigenvalue weighted by molar-refractivity contribution is 5.27. The highest BCUT2D eigenvalue weighted by Crippen LogP contribution is 2.15. The number of rotatable bonds is 13. The van der Waals surface area contributed by atoms with Crippen molar-refractivity contribution in [3.63, 3.8) is 0 Å². The van der Waals surface area contributed by atoms with E-state index in [4.69, 9.17) is 14.2 Å². The van der Waals surface area contributed by atoms with Crippen LogP contribution < -0.4 is 4.74 Å². The third-order valence-electron chi connectivity index (χ3n) is 3.54. The van der Waals surface area contributed by atoms with E-state index in [9.17, 15) is 0 Å². The smallest absolute Gasteiger partial charge is 0.147 e. The van der Waals surface area contributed by atoms with Gasteiger partial charge in [0.15, 0.2) is 0 Å². The van der Waals surface area contributed by atoms with Gasteiger partial charge in [0.1, 0.15) is 19.1 Å². The van der Waals surface area contributed by atoms with Gasteiger partial charge in [0.05, 0.1) is 6.10 Å². The Hall–Kier alpha value is -1.06. The van der Waals surface area contributed by atoms with Crippen molar-refractivity contribution in [2.24, 2.45) is 0 Å². The van der Waals surface area contributed by atoms with Crippen LogP contribution in [0.4, 0.5) is 0 Å². The lowest BCUT2D eigenvalue weighted by Gasteiger charge is -2.19. The molecule has 126 valence electrons. The molecule has 0 aliphatic rings. The van der Waals surface area contributed by atoms with E-state index in [1.807, 2.05) is 12.1 Å². The van der Waals surface area contributed by atoms with Crippen molar-refractivity contribution in [3.05, 3.63) is 29.8 Å². The maximum Gasteiger partial charge on any atom is 0.147 e. The molecule has 0 aromatic heterocycles. The average molecular weight is 308 g/mol. The molecule has 0 bridgehead atoms. The van der Waals surface area contributed by atoms with E-state index in [2.05, 4.69) is 32.9 Å². The van der Waals surface area contributed by atoms with E-state index in [0.29, 0.717) is 13.4 Å². The van der Waals surface area contributed by atoms with Crippen molar-refractivity contribution in [1.82, 2.24) is 0 Å². The van der Waals surface area contributed by atoms with Gasteiger partial charge in [-0.3, -0.25) is 0 Å². The molecule has 1 aromatic carbocycles. The zero-order valence-corrected chi connectivity index (χ0v) is 14.5. The van der Waals surface area contributed by atoms with Crippen molar-refractivity contribution in [1.29, 1.82) is 0 Å². The summed E-state index contributed by atoms with van der Waals surface area (Å²) in [6.07, 6.45) is 7.14. The van der Waals surface area contributed by atoms with Crippen molar-refractivity contribution < 1.29 is 14.2 Å². The first kappa shape index (κ1) is 19.0. The van der Waals surface area contributed by atoms with Crippen LogP contribution in [0.15, 0.2) is 24.3 Å². The molecule has 0 N–H and O–H groups in total. The SMILES string of the molecule is CCCCCCC(COc1cccc(C)c1)OCOCCC. The maximum absolute atomic E-state index is 5.88. The largest absolute Gasteiger partial charge is 0.491 e. The first-order valence-corrected chi connectivity index (χ1v) is 8.65. The van der Waals surface area contributed by atoms with Crippen LogP contribution in [0.3, 0.4) is 0 Å². The first-order chi connectivity index (χ1) is 10.8. The van der Waals surface area contributed by atoms with Crippen molar-refractivity contribution in [2.75, 3.05) is 20.0 Å². The van der Waals surface area contributed by atoms with E-state index in [-0.39, 0.29) is 6.10 Å². The van der Waals surface area contributed by atoms with Crippen LogP contribution in [0, 0.1) is 6.92 Å². The highest BCUT2D eigenvalue weighted by Gasteiger charge is 2.10. The predicted octanol–water partition coefficient (Wildman–Crippen LogP) is 5.11. The summed E-state index contributed by atoms with van der Waals surface area (Å²) < 4.78 is 17.1. The zero-order chi connectivity index (χ0) is 16.0. The molecule has 0 saturated heterocycles. The minimum atomic E-state index is 0.106. The van der Waals surface area contributed by atoms with Crippen LogP contribution in [0.2, 0.25) is 0 Å². The summed E-state index contributed by atoms with van der Waals surface area (Å²) in [5.74, 6) is 0.914. The molecule has 0 saturated carbocycles. The van der Waals surface area contributed by atoms with E-state index in [1.54, 1.807) is 0 Å². The van der Waals surface area contributed by atoms with E-state index in [1.165, 1.54) is 31.2 Å². The monoisotopic (exact) mass is 308 g/mol. The van der Waals surface area contributed by atoms with Gasteiger partial charge in [0.25, 0.3) is 0 Å². The Bertz CT molecular complexity index is 367. The molecule has 3 heteroatoms. The normalized spacial score (nSPS) is 12.3. The molecular weight excluding hydrogens is 276 g/mol. The summed E-state index contributed by atoms with van der Waals surface area (Å²) in [5.41, 5.74) is 1.21. The second kappa shape index (κ2) is 12.5. The van der Waals surface area contributed by atoms with Crippen LogP contribution in [0.1, 0.15) is 57.9 Å². The minimum absolute atomic E-state index is 0.106. The van der Waals surface area contributed by atoms with Gasteiger partial charge < -0.3 is 14.2 Å². The van der Waals surface area contributed by atoms with Gasteiger partial charge in [0, 0.05) is 6.61 Å². The molecule has 3 nitrogen and oxygen atoms in total. The Balaban J connectivity index is 2.34. The number of ether oxygens (including phenoxy) is 3. The lowest BCUT2D eigenvalue weighted by Crippen LogP contribution is -2.23. The van der Waals surface area contributed by atoms with Crippen LogP contribution in [0.25, 0.3) is 0 Å². The quantitative estimate of drug-likeness (QED) is 0.374. The van der Waals surface area contributed by atoms with E-state index < -0.39 is 0 Å². The first-order valence-electron chi connectivity index (χ1n) is 8.65. The summed E-state index contributed by atoms with van der Waals surface area (Å²) >= 11 is 0. The molecule has 0 aliphatic heterocycles. The average Bonchev–Trinajstić information content (AvgIpc) is 2.52. The zero-order valence-electron chi connectivity index (χ0n) is 14.5. The molecule has 22 heavy (non-hydrogen) atoms. The molecule has 1 unspecified atom stereocenters. The van der Waals surface area contributed by atoms with Crippen LogP contribution in [-0.4, -0.2) is 26.1 Å². The Morgan fingerprint density at radius 1 is 1.05 bits per heavy atom. The summed E-state index contributed by atoms with van der Waals surface area (Å²) in [5, 5.41) is 0. The molecule has 0 amide bonds. The van der Waals surface area contributed by atoms with Gasteiger partial charge in [-0.05, 0) is 37.5 Å². The van der Waals surface area contributed by atoms with Crippen LogP contribution in [0.5, 0.6) is 5.75 Å². The fraction of sp³-hybridized carbons (Fsp3) is 0.684. The summed E-state index contributed by atoms with van der Waals surface area (Å²) in [6, 6.07) is 8.15. The fourth-order valence-electron chi connectivity index (χ4n) is 2.26. The minimum Gasteiger partial charge on any atom is -0.491 e. The number of aryl methyl sites for hydroxylation is 1. The van der Waals surface area contributed by atoms with Gasteiger partial charge in [0.2, 0.25) is 0 Å². The second-order valence-electron chi connectivity index (χ2n) is 5.79. The van der Waals surface area contributed by atoms with E-state index in [0.717, 1.165) is 25.2 Å². The van der Waals surface area contributed by atoms with Gasteiger partial charge in [-0.25, -0.2) is 0 Å². The molecule has 0 aliphatic carbocycles. The molecule has 1 atom stereocenters. The maximum atomic E-state index is 5.88. The Morgan fingerprint density at radius 3 is 2.64 bits per heavy atom. The molecule has 1 aromatic rings. The lowest BCUT2D eigenvalue weighted by atomic mass is 10.1. The van der Waals surface area contributed by atoms with Gasteiger partial charge in [-0.2, -0.15) is 0 Å². The number of hydrogen-bond donors (Lipinski definition) is 0. The molecule has 0 spiro atoms. The van der Waals surface area contributed by atoms with E-state index >= 15 is 0 Å². The predicted molar refractivity (Wildman–Crippen MR) is 91.4 cm³/mol. The van der Waals surface area contributed by atoms with Crippen molar-refractivity contribution in [2.45, 2.75) is 65.4 Å². The standard InChI is InChI=1S/C19H32O3/c1-4-6-7-8-11-19(22-16-20-13-5-2)15-21-18-12-9-10-17(3)14-18/h9-10,12,14,19H,4-8,11,13,15-16H2,1-3H3. The van der Waals surface area contributed by atoms with Crippen molar-refractivity contribution >= 4 is 0 Å². The number of unbranched alkanes of at least 4 members (excludes halogenated alkanes) is 3. The van der Waals surface area contributed by atoms with Crippen molar-refractivity contribution in [3.8, 4) is 5.75 Å². The molecule has 0 heterocycles. The Kier molecular flexibility index (Phi) is 10.8. The third kappa shape index (κ3) is 9.06. The summed E-state index contributed by atoms with van der Waals surface area (Å²) in [6.45, 7) is 8.11. The lowest BCUT2D eigenvalue weighted by molar-refractivity contribution is -0.102. The number of hydrogen-bond acceptors (Lipinski definition) is 3. The molecule has 0 fully saturated rings. The summed E-state index contributed by atoms with van der Waals surface area (Å²) in [7, 11) is 0. The second-order valence-corrected chi connectivity index (χ2v) is 5.79. The topological polar surface area (TPSA) is 27.7 Å². The molecule has 0 radical (unpaired) electrons. The van der Waals surface area contributed by atoms with Crippen LogP contribution >= 0.6 is 0 Å². The van der Waals surface area contributed by atoms with Crippen LogP contribution in [-0.2, 0) is 9.47 Å². The Labute approximate surface area is 136 Å². The summed E-state index contributed by atoms with van der Waals surface area (Å²) in [4.78, 5) is 0. The fourth-order valence-corrected chi connectivity index (χ4v) is 2.26. The molecular formula is C19H32O3. The van der Waals surface area contributed by atoms with Gasteiger partial charge >= 0.3 is 0 Å². The van der Waals surface area contributed by atoms with Gasteiger partial charge in [-0.1, -0.05) is 51.7 Å². The molecule has 1 rings (SSSR count). The van der Waals surface area contributed by atoms with Gasteiger partial charge in [-0.15, -0.1) is 0 Å². The highest BCUT2D eigenvalue weighted by atomic mass is 16.7. The third-order valence-corrected chi connectivity index (χ3v) is 3.54.